The molecule has 1 saturated heterocycles. The maximum Gasteiger partial charge on any atom is 0.408 e. The largest absolute Gasteiger partial charge is 0.493 e. The van der Waals surface area contributed by atoms with Crippen molar-refractivity contribution >= 4 is 6.09 Å². The fraction of sp³-hybridized carbons (Fsp3) is 0.417. The third kappa shape index (κ3) is 1.97. The summed E-state index contributed by atoms with van der Waals surface area (Å²) >= 11 is 0. The van der Waals surface area contributed by atoms with Crippen LogP contribution in [0.3, 0.4) is 0 Å². The van der Waals surface area contributed by atoms with Gasteiger partial charge in [0.25, 0.3) is 0 Å². The number of alkyl halides is 2. The molecule has 8 heteroatoms. The van der Waals surface area contributed by atoms with Gasteiger partial charge in [0.15, 0.2) is 18.1 Å². The van der Waals surface area contributed by atoms with Crippen LogP contribution in [-0.4, -0.2) is 32.5 Å². The number of rotatable bonds is 2. The number of cyclic esters (lactones) is 1. The number of benzene rings is 1. The van der Waals surface area contributed by atoms with Crippen molar-refractivity contribution in [2.75, 3.05) is 20.5 Å². The summed E-state index contributed by atoms with van der Waals surface area (Å²) in [4.78, 5) is 11.2. The van der Waals surface area contributed by atoms with Crippen LogP contribution in [0, 0.1) is 0 Å². The molecule has 1 aromatic carbocycles. The molecule has 108 valence electrons. The van der Waals surface area contributed by atoms with Crippen LogP contribution in [0.2, 0.25) is 0 Å². The second-order valence-corrected chi connectivity index (χ2v) is 4.37. The van der Waals surface area contributed by atoms with Crippen molar-refractivity contribution in [1.29, 1.82) is 0 Å². The Morgan fingerprint density at radius 3 is 2.90 bits per heavy atom. The van der Waals surface area contributed by atoms with Gasteiger partial charge in [0, 0.05) is 0 Å². The first kappa shape index (κ1) is 12.8. The lowest BCUT2D eigenvalue weighted by atomic mass is 9.99. The van der Waals surface area contributed by atoms with Crippen LogP contribution in [0.5, 0.6) is 17.2 Å². The van der Waals surface area contributed by atoms with Crippen LogP contribution in [0.1, 0.15) is 11.6 Å². The molecule has 0 bridgehead atoms. The number of carbonyl (C=O) groups excluding carboxylic acids is 1. The van der Waals surface area contributed by atoms with Crippen molar-refractivity contribution in [2.45, 2.75) is 12.0 Å². The molecule has 0 radical (unpaired) electrons. The molecule has 0 saturated carbocycles. The smallest absolute Gasteiger partial charge is 0.408 e. The van der Waals surface area contributed by atoms with E-state index in [1.165, 1.54) is 19.2 Å². The van der Waals surface area contributed by atoms with Crippen LogP contribution in [0.4, 0.5) is 13.6 Å². The van der Waals surface area contributed by atoms with Gasteiger partial charge in [0.05, 0.1) is 7.11 Å². The first-order chi connectivity index (χ1) is 9.51. The van der Waals surface area contributed by atoms with Crippen molar-refractivity contribution in [3.8, 4) is 17.2 Å². The average Bonchev–Trinajstić information content (AvgIpc) is 2.88. The molecule has 0 unspecified atom stereocenters. The van der Waals surface area contributed by atoms with Gasteiger partial charge in [-0.1, -0.05) is 0 Å². The monoisotopic (exact) mass is 287 g/mol. The molecule has 2 heterocycles. The lowest BCUT2D eigenvalue weighted by Gasteiger charge is -2.32. The maximum atomic E-state index is 13.9. The lowest BCUT2D eigenvalue weighted by Crippen LogP contribution is -2.49. The van der Waals surface area contributed by atoms with Gasteiger partial charge in [0.2, 0.25) is 12.5 Å². The molecule has 1 fully saturated rings. The van der Waals surface area contributed by atoms with Gasteiger partial charge in [-0.2, -0.15) is 0 Å². The van der Waals surface area contributed by atoms with E-state index in [2.05, 4.69) is 10.1 Å². The highest BCUT2D eigenvalue weighted by atomic mass is 19.3. The van der Waals surface area contributed by atoms with E-state index in [4.69, 9.17) is 14.2 Å². The Bertz CT molecular complexity index is 563. The number of halogens is 2. The molecule has 6 nitrogen and oxygen atoms in total. The molecular formula is C12H11F2NO5. The third-order valence-corrected chi connectivity index (χ3v) is 3.09. The Balaban J connectivity index is 2.03. The lowest BCUT2D eigenvalue weighted by molar-refractivity contribution is -0.104. The van der Waals surface area contributed by atoms with Crippen LogP contribution in [-0.2, 0) is 4.74 Å². The second kappa shape index (κ2) is 4.39. The Hall–Kier alpha value is -2.25. The number of nitrogens with one attached hydrogen (secondary N) is 1. The van der Waals surface area contributed by atoms with E-state index in [1.54, 1.807) is 0 Å². The summed E-state index contributed by atoms with van der Waals surface area (Å²) in [5, 5.41) is 2.10. The number of alkyl carbamates (subject to hydrolysis) is 1. The number of fused-ring (bicyclic) bond motifs is 1. The minimum atomic E-state index is -3.23. The van der Waals surface area contributed by atoms with Crippen molar-refractivity contribution in [3.63, 3.8) is 0 Å². The molecule has 20 heavy (non-hydrogen) atoms. The summed E-state index contributed by atoms with van der Waals surface area (Å²) in [5.74, 6) is -2.30. The maximum absolute atomic E-state index is 13.9. The molecule has 1 amide bonds. The van der Waals surface area contributed by atoms with E-state index in [9.17, 15) is 13.6 Å². The number of carbonyl (C=O) groups is 1. The summed E-state index contributed by atoms with van der Waals surface area (Å²) in [6.07, 6.45) is -0.891. The first-order valence-corrected chi connectivity index (χ1v) is 5.80. The van der Waals surface area contributed by atoms with Crippen molar-refractivity contribution in [1.82, 2.24) is 5.32 Å². The normalized spacial score (nSPS) is 22.9. The zero-order chi connectivity index (χ0) is 14.3. The van der Waals surface area contributed by atoms with E-state index in [-0.39, 0.29) is 18.1 Å². The van der Waals surface area contributed by atoms with Crippen LogP contribution in [0.25, 0.3) is 0 Å². The quantitative estimate of drug-likeness (QED) is 0.899. The molecule has 0 aliphatic carbocycles. The van der Waals surface area contributed by atoms with Gasteiger partial charge in [-0.3, -0.25) is 0 Å². The Morgan fingerprint density at radius 1 is 1.35 bits per heavy atom. The standard InChI is InChI=1S/C12H11F2NO5/c1-17-7-2-6(3-8-9(7)20-5-19-8)10-12(13,14)4-18-11(16)15-10/h2-3,10H,4-5H2,1H3,(H,15,16)/t10-/m0/s1. The van der Waals surface area contributed by atoms with Gasteiger partial charge in [0.1, 0.15) is 6.04 Å². The van der Waals surface area contributed by atoms with Gasteiger partial charge in [-0.05, 0) is 17.7 Å². The fourth-order valence-corrected chi connectivity index (χ4v) is 2.15. The number of hydrogen-bond acceptors (Lipinski definition) is 5. The van der Waals surface area contributed by atoms with E-state index in [0.29, 0.717) is 11.5 Å². The summed E-state index contributed by atoms with van der Waals surface area (Å²) < 4.78 is 47.5. The zero-order valence-corrected chi connectivity index (χ0v) is 10.4. The summed E-state index contributed by atoms with van der Waals surface area (Å²) in [5.41, 5.74) is 0.160. The van der Waals surface area contributed by atoms with E-state index >= 15 is 0 Å². The fourth-order valence-electron chi connectivity index (χ4n) is 2.15. The minimum Gasteiger partial charge on any atom is -0.493 e. The van der Waals surface area contributed by atoms with Crippen LogP contribution in [0.15, 0.2) is 12.1 Å². The molecule has 1 aromatic rings. The predicted molar refractivity (Wildman–Crippen MR) is 61.3 cm³/mol. The molecule has 1 N–H and O–H groups in total. The number of methoxy groups -OCH3 is 1. The second-order valence-electron chi connectivity index (χ2n) is 4.37. The van der Waals surface area contributed by atoms with Crippen LogP contribution >= 0.6 is 0 Å². The zero-order valence-electron chi connectivity index (χ0n) is 10.4. The van der Waals surface area contributed by atoms with E-state index in [0.717, 1.165) is 0 Å². The highest BCUT2D eigenvalue weighted by molar-refractivity contribution is 5.69. The SMILES string of the molecule is COc1cc([C@@H]2NC(=O)OCC2(F)F)cc2c1OCO2. The summed E-state index contributed by atoms with van der Waals surface area (Å²) in [6.45, 7) is -0.980. The van der Waals surface area contributed by atoms with E-state index < -0.39 is 24.7 Å². The molecule has 3 rings (SSSR count). The highest BCUT2D eigenvalue weighted by Gasteiger charge is 2.47. The van der Waals surface area contributed by atoms with E-state index in [1.807, 2.05) is 0 Å². The molecule has 2 aliphatic heterocycles. The minimum absolute atomic E-state index is 0.00826. The van der Waals surface area contributed by atoms with Gasteiger partial charge in [-0.15, -0.1) is 0 Å². The van der Waals surface area contributed by atoms with Crippen molar-refractivity contribution in [2.24, 2.45) is 0 Å². The molecule has 0 aromatic heterocycles. The molecule has 2 aliphatic rings. The average molecular weight is 287 g/mol. The molecule has 1 atom stereocenters. The van der Waals surface area contributed by atoms with Crippen LogP contribution < -0.4 is 19.5 Å². The van der Waals surface area contributed by atoms with Gasteiger partial charge < -0.3 is 24.3 Å². The Kier molecular flexibility index (Phi) is 2.81. The third-order valence-electron chi connectivity index (χ3n) is 3.09. The Labute approximate surface area is 112 Å². The predicted octanol–water partition coefficient (Wildman–Crippen LogP) is 1.84. The molecular weight excluding hydrogens is 276 g/mol. The highest BCUT2D eigenvalue weighted by Crippen LogP contribution is 2.45. The topological polar surface area (TPSA) is 66.0 Å². The summed E-state index contributed by atoms with van der Waals surface area (Å²) in [6, 6.07) is 1.28. The van der Waals surface area contributed by atoms with Crippen molar-refractivity contribution in [3.05, 3.63) is 17.7 Å². The Morgan fingerprint density at radius 2 is 2.15 bits per heavy atom. The summed E-state index contributed by atoms with van der Waals surface area (Å²) in [7, 11) is 1.39. The first-order valence-electron chi connectivity index (χ1n) is 5.80. The van der Waals surface area contributed by atoms with Gasteiger partial charge in [-0.25, -0.2) is 13.6 Å². The van der Waals surface area contributed by atoms with Crippen molar-refractivity contribution < 1.29 is 32.5 Å². The number of hydrogen-bond donors (Lipinski definition) is 1. The number of ether oxygens (including phenoxy) is 4. The molecule has 0 spiro atoms. The van der Waals surface area contributed by atoms with Gasteiger partial charge >= 0.3 is 12.0 Å². The number of amides is 1.